The number of hydrogen-bond donors (Lipinski definition) is 0. The maximum absolute atomic E-state index is 5.75. The standard InChI is InChI=1S/C11H20O2.C9H16O2/c1-11(2,9-5-3-7-12-9)10-6-4-8-13-10;1-3-8(10-5-1)7-9-4-2-6-11-9/h9-10H,3-8H2,1-2H3;8-9H,1-7H2. The van der Waals surface area contributed by atoms with Crippen molar-refractivity contribution in [3.8, 4) is 0 Å². The summed E-state index contributed by atoms with van der Waals surface area (Å²) < 4.78 is 22.6. The van der Waals surface area contributed by atoms with Gasteiger partial charge >= 0.3 is 0 Å². The smallest absolute Gasteiger partial charge is 0.0651 e. The number of ether oxygens (including phenoxy) is 4. The minimum absolute atomic E-state index is 0.215. The van der Waals surface area contributed by atoms with Crippen LogP contribution in [0.4, 0.5) is 0 Å². The van der Waals surface area contributed by atoms with Crippen LogP contribution in [-0.4, -0.2) is 50.8 Å². The molecule has 0 amide bonds. The van der Waals surface area contributed by atoms with Crippen molar-refractivity contribution in [1.29, 1.82) is 0 Å². The Bertz CT molecular complexity index is 315. The Morgan fingerprint density at radius 2 is 1.04 bits per heavy atom. The largest absolute Gasteiger partial charge is 0.378 e. The van der Waals surface area contributed by atoms with E-state index in [9.17, 15) is 0 Å². The normalized spacial score (nSPS) is 36.8. The van der Waals surface area contributed by atoms with Crippen LogP contribution in [0.15, 0.2) is 0 Å². The molecule has 0 saturated carbocycles. The lowest BCUT2D eigenvalue weighted by molar-refractivity contribution is -0.0681. The maximum atomic E-state index is 5.75. The van der Waals surface area contributed by atoms with Crippen LogP contribution in [0.2, 0.25) is 0 Å². The highest BCUT2D eigenvalue weighted by Gasteiger charge is 2.41. The molecule has 4 saturated heterocycles. The van der Waals surface area contributed by atoms with Crippen LogP contribution in [0.1, 0.15) is 71.6 Å². The van der Waals surface area contributed by atoms with Gasteiger partial charge in [-0.1, -0.05) is 13.8 Å². The molecule has 4 aliphatic rings. The molecule has 4 fully saturated rings. The second-order valence-electron chi connectivity index (χ2n) is 8.33. The summed E-state index contributed by atoms with van der Waals surface area (Å²) in [6.45, 7) is 8.41. The second-order valence-corrected chi connectivity index (χ2v) is 8.33. The molecule has 0 N–H and O–H groups in total. The highest BCUT2D eigenvalue weighted by Crippen LogP contribution is 2.39. The predicted octanol–water partition coefficient (Wildman–Crippen LogP) is 4.11. The summed E-state index contributed by atoms with van der Waals surface area (Å²) in [7, 11) is 0. The summed E-state index contributed by atoms with van der Waals surface area (Å²) in [6.07, 6.45) is 12.9. The van der Waals surface area contributed by atoms with Gasteiger partial charge in [-0.05, 0) is 57.8 Å². The third-order valence-electron chi connectivity index (χ3n) is 6.09. The molecule has 4 unspecified atom stereocenters. The molecule has 0 aliphatic carbocycles. The SMILES string of the molecule is C1COC(CC2CCCO2)C1.CC(C)(C1CCCO1)C1CCCO1. The van der Waals surface area contributed by atoms with E-state index in [4.69, 9.17) is 18.9 Å². The van der Waals surface area contributed by atoms with Gasteiger partial charge in [0.2, 0.25) is 0 Å². The van der Waals surface area contributed by atoms with E-state index >= 15 is 0 Å². The molecule has 0 bridgehead atoms. The van der Waals surface area contributed by atoms with Gasteiger partial charge in [-0.2, -0.15) is 0 Å². The maximum Gasteiger partial charge on any atom is 0.0651 e. The molecule has 4 rings (SSSR count). The lowest BCUT2D eigenvalue weighted by Gasteiger charge is -2.35. The summed E-state index contributed by atoms with van der Waals surface area (Å²) >= 11 is 0. The highest BCUT2D eigenvalue weighted by atomic mass is 16.5. The molecular weight excluding hydrogens is 304 g/mol. The average Bonchev–Trinajstić information content (AvgIpc) is 3.35. The van der Waals surface area contributed by atoms with Crippen LogP contribution >= 0.6 is 0 Å². The Morgan fingerprint density at radius 3 is 1.38 bits per heavy atom. The fourth-order valence-electron chi connectivity index (χ4n) is 4.49. The zero-order chi connectivity index (χ0) is 16.8. The van der Waals surface area contributed by atoms with Crippen molar-refractivity contribution < 1.29 is 18.9 Å². The van der Waals surface area contributed by atoms with Gasteiger partial charge in [0.05, 0.1) is 24.4 Å². The van der Waals surface area contributed by atoms with Crippen LogP contribution in [0.25, 0.3) is 0 Å². The molecule has 4 aliphatic heterocycles. The van der Waals surface area contributed by atoms with Crippen molar-refractivity contribution in [3.05, 3.63) is 0 Å². The summed E-state index contributed by atoms with van der Waals surface area (Å²) in [4.78, 5) is 0. The van der Waals surface area contributed by atoms with Crippen LogP contribution in [0.5, 0.6) is 0 Å². The van der Waals surface area contributed by atoms with E-state index < -0.39 is 0 Å². The molecule has 4 heteroatoms. The third kappa shape index (κ3) is 4.94. The third-order valence-corrected chi connectivity index (χ3v) is 6.09. The molecule has 0 aromatic rings. The summed E-state index contributed by atoms with van der Waals surface area (Å²) in [6, 6.07) is 0. The first-order chi connectivity index (χ1) is 11.7. The molecular formula is C20H36O4. The topological polar surface area (TPSA) is 36.9 Å². The summed E-state index contributed by atoms with van der Waals surface area (Å²) in [5.74, 6) is 0. The van der Waals surface area contributed by atoms with E-state index in [1.165, 1.54) is 51.4 Å². The quantitative estimate of drug-likeness (QED) is 0.772. The van der Waals surface area contributed by atoms with E-state index in [0.29, 0.717) is 24.4 Å². The van der Waals surface area contributed by atoms with E-state index in [1.807, 2.05) is 0 Å². The highest BCUT2D eigenvalue weighted by molar-refractivity contribution is 4.90. The Morgan fingerprint density at radius 1 is 0.625 bits per heavy atom. The Balaban J connectivity index is 0.000000143. The van der Waals surface area contributed by atoms with Crippen molar-refractivity contribution in [3.63, 3.8) is 0 Å². The molecule has 140 valence electrons. The Labute approximate surface area is 147 Å². The monoisotopic (exact) mass is 340 g/mol. The van der Waals surface area contributed by atoms with E-state index in [1.54, 1.807) is 0 Å². The first-order valence-corrected chi connectivity index (χ1v) is 10.1. The molecule has 4 heterocycles. The van der Waals surface area contributed by atoms with Gasteiger partial charge in [0, 0.05) is 31.8 Å². The summed E-state index contributed by atoms with van der Waals surface area (Å²) in [5.41, 5.74) is 0.215. The zero-order valence-electron chi connectivity index (χ0n) is 15.6. The second kappa shape index (κ2) is 8.98. The predicted molar refractivity (Wildman–Crippen MR) is 94.3 cm³/mol. The van der Waals surface area contributed by atoms with Crippen LogP contribution in [0.3, 0.4) is 0 Å². The van der Waals surface area contributed by atoms with Crippen molar-refractivity contribution in [2.75, 3.05) is 26.4 Å². The number of hydrogen-bond acceptors (Lipinski definition) is 4. The van der Waals surface area contributed by atoms with E-state index in [-0.39, 0.29) is 5.41 Å². The summed E-state index contributed by atoms with van der Waals surface area (Å²) in [5, 5.41) is 0. The zero-order valence-corrected chi connectivity index (χ0v) is 15.6. The number of rotatable bonds is 4. The van der Waals surface area contributed by atoms with Gasteiger partial charge in [0.25, 0.3) is 0 Å². The van der Waals surface area contributed by atoms with Gasteiger partial charge in [-0.15, -0.1) is 0 Å². The molecule has 0 radical (unpaired) electrons. The van der Waals surface area contributed by atoms with Crippen molar-refractivity contribution in [1.82, 2.24) is 0 Å². The molecule has 24 heavy (non-hydrogen) atoms. The minimum Gasteiger partial charge on any atom is -0.378 e. The van der Waals surface area contributed by atoms with Crippen LogP contribution in [-0.2, 0) is 18.9 Å². The van der Waals surface area contributed by atoms with Crippen molar-refractivity contribution in [2.24, 2.45) is 5.41 Å². The first-order valence-electron chi connectivity index (χ1n) is 10.1. The Hall–Kier alpha value is -0.160. The van der Waals surface area contributed by atoms with Gasteiger partial charge in [-0.3, -0.25) is 0 Å². The molecule has 0 aromatic carbocycles. The van der Waals surface area contributed by atoms with Gasteiger partial charge in [0.1, 0.15) is 0 Å². The molecule has 0 spiro atoms. The van der Waals surface area contributed by atoms with Gasteiger partial charge < -0.3 is 18.9 Å². The van der Waals surface area contributed by atoms with E-state index in [0.717, 1.165) is 32.8 Å². The molecule has 0 aromatic heterocycles. The van der Waals surface area contributed by atoms with Crippen molar-refractivity contribution in [2.45, 2.75) is 96.1 Å². The lowest BCUT2D eigenvalue weighted by Crippen LogP contribution is -2.39. The minimum atomic E-state index is 0.215. The molecule has 4 atom stereocenters. The van der Waals surface area contributed by atoms with Crippen LogP contribution < -0.4 is 0 Å². The molecule has 4 nitrogen and oxygen atoms in total. The van der Waals surface area contributed by atoms with Crippen LogP contribution in [0, 0.1) is 5.41 Å². The van der Waals surface area contributed by atoms with E-state index in [2.05, 4.69) is 13.8 Å². The average molecular weight is 341 g/mol. The fraction of sp³-hybridized carbons (Fsp3) is 1.00. The van der Waals surface area contributed by atoms with Crippen molar-refractivity contribution >= 4 is 0 Å². The van der Waals surface area contributed by atoms with Gasteiger partial charge in [0.15, 0.2) is 0 Å². The van der Waals surface area contributed by atoms with Gasteiger partial charge in [-0.25, -0.2) is 0 Å². The fourth-order valence-corrected chi connectivity index (χ4v) is 4.49. The first kappa shape index (κ1) is 18.6. The lowest BCUT2D eigenvalue weighted by atomic mass is 9.78. The Kier molecular flexibility index (Phi) is 6.97.